The molecule has 14 N–H and O–H groups in total. The molecule has 36 nitrogen and oxygen atoms in total. The molecular weight excluding hydrogens is 1730 g/mol. The van der Waals surface area contributed by atoms with Gasteiger partial charge in [-0.05, 0) is 115 Å². The molecule has 2 aromatic heterocycles. The van der Waals surface area contributed by atoms with Crippen LogP contribution in [-0.4, -0.2) is 278 Å². The maximum Gasteiger partial charge on any atom is 0.308 e. The summed E-state index contributed by atoms with van der Waals surface area (Å²) in [6.07, 6.45) is 3.29. The fourth-order valence-electron chi connectivity index (χ4n) is 15.2. The first-order valence-corrected chi connectivity index (χ1v) is 45.4. The number of rotatable bonds is 23. The average molecular weight is 1850 g/mol. The first-order chi connectivity index (χ1) is 63.1. The van der Waals surface area contributed by atoms with E-state index in [4.69, 9.17) is 10.5 Å². The molecule has 15 amide bonds. The Kier molecular flexibility index (Phi) is 39.4. The summed E-state index contributed by atoms with van der Waals surface area (Å²) in [5.74, 6) is -16.6. The number of phenols is 2. The van der Waals surface area contributed by atoms with Gasteiger partial charge in [0.05, 0.1) is 31.8 Å². The van der Waals surface area contributed by atoms with Crippen molar-refractivity contribution in [2.24, 2.45) is 17.6 Å². The van der Waals surface area contributed by atoms with E-state index in [1.807, 2.05) is 6.92 Å². The number of aromatic nitrogens is 2. The van der Waals surface area contributed by atoms with Gasteiger partial charge in [-0.25, -0.2) is 0 Å². The van der Waals surface area contributed by atoms with Gasteiger partial charge in [0.2, 0.25) is 88.6 Å². The minimum Gasteiger partial charge on any atom is -0.508 e. The average Bonchev–Trinajstić information content (AvgIpc) is 1.80. The second-order valence-corrected chi connectivity index (χ2v) is 36.2. The number of benzene rings is 5. The number of pyridine rings is 1. The summed E-state index contributed by atoms with van der Waals surface area (Å²) in [6, 6.07) is 22.1. The molecule has 1 unspecified atom stereocenters. The van der Waals surface area contributed by atoms with Crippen molar-refractivity contribution in [2.75, 3.05) is 66.4 Å². The predicted molar refractivity (Wildman–Crippen MR) is 498 cm³/mol. The summed E-state index contributed by atoms with van der Waals surface area (Å²) in [5.41, 5.74) is 7.93. The summed E-state index contributed by atoms with van der Waals surface area (Å²) in [5, 5.41) is 45.7. The lowest BCUT2D eigenvalue weighted by Crippen LogP contribution is -2.61. The number of thioether (sulfide) groups is 1. The van der Waals surface area contributed by atoms with Crippen LogP contribution in [0.3, 0.4) is 0 Å². The number of fused-ring (bicyclic) bond motifs is 1. The lowest BCUT2D eigenvalue weighted by Gasteiger charge is -2.37. The number of hydrogen-bond donors (Lipinski definition) is 13. The molecule has 0 spiro atoms. The number of carbonyl (C=O) groups excluding carboxylic acids is 16. The third-order valence-corrected chi connectivity index (χ3v) is 23.4. The Hall–Kier alpha value is -13.7. The summed E-state index contributed by atoms with van der Waals surface area (Å²) in [7, 11) is 6.61. The van der Waals surface area contributed by atoms with Gasteiger partial charge < -0.3 is 98.0 Å². The monoisotopic (exact) mass is 1850 g/mol. The SMILES string of the molecule is CCCC[C@H]1C(=O)N(C)CC(=O)N[C@@H](CC(=O)OC(C)(C)C)C(=O)N[C@@H](C(C)C)C(=O)N(C)C(Cc2ccccc2)C(=O)N[C@@H](Cc2ccc(O)cc2)C(=O)N(C)CC(=O)N[C@@H](Cc2c[nH]c3ccccc23)C(=O)N[C@@H](Cc2ccc(O)cc2)C(=O)N[C@@H](CC(C)C)C(=O)N[C@H](C(=O)NCC(N)=O)CSCC(=O)N[C@@H](Cc2ccccc2)C(=O)N(C)[C@@H](Cc2cccnc2)C(=O)N1C. The Morgan fingerprint density at radius 2 is 0.985 bits per heavy atom. The molecule has 0 radical (unpaired) electrons. The van der Waals surface area contributed by atoms with Gasteiger partial charge in [0, 0.05) is 109 Å². The number of amides is 15. The van der Waals surface area contributed by atoms with Gasteiger partial charge >= 0.3 is 5.97 Å². The van der Waals surface area contributed by atoms with E-state index in [0.717, 1.165) is 31.4 Å². The summed E-state index contributed by atoms with van der Waals surface area (Å²) in [4.78, 5) is 251. The zero-order valence-electron chi connectivity index (χ0n) is 77.4. The fourth-order valence-corrected chi connectivity index (χ4v) is 16.1. The molecule has 0 aliphatic carbocycles. The van der Waals surface area contributed by atoms with Gasteiger partial charge in [-0.3, -0.25) is 81.7 Å². The lowest BCUT2D eigenvalue weighted by atomic mass is 9.98. The van der Waals surface area contributed by atoms with Gasteiger partial charge in [0.25, 0.3) is 0 Å². The number of esters is 1. The van der Waals surface area contributed by atoms with E-state index in [1.54, 1.807) is 152 Å². The number of carbonyl (C=O) groups is 16. The highest BCUT2D eigenvalue weighted by atomic mass is 32.2. The van der Waals surface area contributed by atoms with E-state index in [-0.39, 0.29) is 74.5 Å². The number of primary amides is 1. The molecule has 0 saturated carbocycles. The minimum atomic E-state index is -1.81. The number of nitrogens with zero attached hydrogens (tertiary/aromatic N) is 6. The second-order valence-electron chi connectivity index (χ2n) is 35.1. The van der Waals surface area contributed by atoms with Crippen LogP contribution >= 0.6 is 11.8 Å². The van der Waals surface area contributed by atoms with E-state index in [1.165, 1.54) is 101 Å². The van der Waals surface area contributed by atoms with Crippen LogP contribution in [0.25, 0.3) is 10.9 Å². The van der Waals surface area contributed by atoms with Crippen LogP contribution in [-0.2, 0) is 120 Å². The van der Waals surface area contributed by atoms with Crippen LogP contribution in [0.4, 0.5) is 0 Å². The summed E-state index contributed by atoms with van der Waals surface area (Å²) < 4.78 is 5.65. The van der Waals surface area contributed by atoms with Crippen LogP contribution in [0.2, 0.25) is 0 Å². The molecule has 1 saturated heterocycles. The minimum absolute atomic E-state index is 0.0311. The van der Waals surface area contributed by atoms with E-state index in [9.17, 15) is 43.8 Å². The van der Waals surface area contributed by atoms with Crippen LogP contribution in [0, 0.1) is 11.8 Å². The number of para-hydroxylation sites is 1. The van der Waals surface area contributed by atoms with Gasteiger partial charge in [0.1, 0.15) is 83.6 Å². The van der Waals surface area contributed by atoms with Crippen molar-refractivity contribution in [3.63, 3.8) is 0 Å². The third kappa shape index (κ3) is 32.4. The molecule has 7 aromatic rings. The highest BCUT2D eigenvalue weighted by molar-refractivity contribution is 8.00. The van der Waals surface area contributed by atoms with Crippen molar-refractivity contribution in [3.05, 3.63) is 198 Å². The van der Waals surface area contributed by atoms with Crippen molar-refractivity contribution in [3.8, 4) is 11.5 Å². The standard InChI is InChI=1S/C96H125N17O19S/c1-14-15-32-76-93(129)110(10)54-81(118)102-72(49-83(120)132-96(6,7)8)89(125)108-84(58(4)5)95(131)112(12)77(46-60-27-20-17-21-28-60)90(126)106-73(45-62-35-39-66(115)40-36-62)91(127)109(9)53-80(117)101-71(48-64-51-99-68-31-23-22-30-67(64)68)88(124)105-70(43-61-33-37-65(114)38-34-61)87(123)104-69(42-57(2)3)86(122)107-75(85(121)100-52-79(97)116)55-133-56-82(119)103-74(44-59-25-18-16-19-26-59)92(128)113(13)78(94(130)111(76)11)47-63-29-24-41-98-50-63/h16-31,33-41,50-51,57-58,69-78,84,99,114-115H,14-15,32,42-49,52-56H2,1-13H3,(H2,97,116)(H,100,121)(H,101,117)(H,102,118)(H,103,119)(H,104,123)(H,105,124)(H,106,126)(H,107,122)(H,108,125)/t69-,70-,71-,72-,73-,74-,75-,76-,77?,78-,84-/m0/s1. The molecule has 1 fully saturated rings. The number of aromatic hydroxyl groups is 2. The molecule has 3 heterocycles. The zero-order chi connectivity index (χ0) is 97.5. The quantitative estimate of drug-likeness (QED) is 0.0409. The van der Waals surface area contributed by atoms with Crippen molar-refractivity contribution in [2.45, 2.75) is 198 Å². The van der Waals surface area contributed by atoms with Gasteiger partial charge in [-0.15, -0.1) is 11.8 Å². The van der Waals surface area contributed by atoms with Gasteiger partial charge in [-0.2, -0.15) is 0 Å². The Labute approximate surface area is 778 Å². The van der Waals surface area contributed by atoms with Crippen LogP contribution in [0.1, 0.15) is 121 Å². The zero-order valence-corrected chi connectivity index (χ0v) is 78.2. The maximum absolute atomic E-state index is 15.6. The van der Waals surface area contributed by atoms with E-state index >= 15 is 43.2 Å². The lowest BCUT2D eigenvalue weighted by molar-refractivity contribution is -0.157. The molecule has 5 aromatic carbocycles. The van der Waals surface area contributed by atoms with Crippen LogP contribution in [0.15, 0.2) is 164 Å². The second kappa shape index (κ2) is 50.0. The summed E-state index contributed by atoms with van der Waals surface area (Å²) >= 11 is 0.829. The van der Waals surface area contributed by atoms with Crippen LogP contribution in [0.5, 0.6) is 11.5 Å². The smallest absolute Gasteiger partial charge is 0.308 e. The van der Waals surface area contributed by atoms with Crippen molar-refractivity contribution < 1.29 is 91.7 Å². The first kappa shape index (κ1) is 105. The molecule has 714 valence electrons. The highest BCUT2D eigenvalue weighted by Gasteiger charge is 2.43. The Bertz CT molecular complexity index is 5200. The molecule has 1 aliphatic rings. The first-order valence-electron chi connectivity index (χ1n) is 44.2. The summed E-state index contributed by atoms with van der Waals surface area (Å²) in [6.45, 7) is 11.0. The molecule has 37 heteroatoms. The predicted octanol–water partition coefficient (Wildman–Crippen LogP) is 2.98. The number of likely N-dealkylation sites (N-methyl/N-ethyl adjacent to an activating group) is 5. The molecular formula is C96H125N17O19S. The number of hydrogen-bond acceptors (Lipinski definition) is 21. The van der Waals surface area contributed by atoms with Gasteiger partial charge in [0.15, 0.2) is 0 Å². The Morgan fingerprint density at radius 1 is 0.504 bits per heavy atom. The number of H-pyrrole nitrogens is 1. The van der Waals surface area contributed by atoms with E-state index in [0.29, 0.717) is 57.1 Å². The molecule has 11 atom stereocenters. The number of aromatic amines is 1. The third-order valence-electron chi connectivity index (χ3n) is 22.4. The molecule has 0 bridgehead atoms. The largest absolute Gasteiger partial charge is 0.508 e. The van der Waals surface area contributed by atoms with Crippen molar-refractivity contribution in [1.29, 1.82) is 0 Å². The normalized spacial score (nSPS) is 21.7. The number of nitrogens with one attached hydrogen (secondary N) is 10. The topological polar surface area (TPSA) is 502 Å². The number of nitrogens with two attached hydrogens (primary N) is 1. The van der Waals surface area contributed by atoms with E-state index < -0.39 is 204 Å². The van der Waals surface area contributed by atoms with Crippen molar-refractivity contribution >= 4 is 117 Å². The van der Waals surface area contributed by atoms with Crippen LogP contribution < -0.4 is 53.6 Å². The van der Waals surface area contributed by atoms with Gasteiger partial charge in [-0.1, -0.05) is 157 Å². The van der Waals surface area contributed by atoms with E-state index in [2.05, 4.69) is 57.8 Å². The fraction of sp³-hybridized carbons (Fsp3) is 0.448. The number of unbranched alkanes of at least 4 members (excludes halogenated alkanes) is 1. The number of phenolic OH excluding ortho intramolecular Hbond substituents is 2. The Morgan fingerprint density at radius 3 is 1.55 bits per heavy atom. The molecule has 133 heavy (non-hydrogen) atoms. The Balaban J connectivity index is 1.23. The highest BCUT2D eigenvalue weighted by Crippen LogP contribution is 2.25. The molecule has 8 rings (SSSR count). The maximum atomic E-state index is 15.6. The number of ether oxygens (including phenoxy) is 1. The molecule has 1 aliphatic heterocycles. The van der Waals surface area contributed by atoms with Crippen molar-refractivity contribution in [1.82, 2.24) is 82.3 Å².